The molecule has 8 nitrogen and oxygen atoms in total. The van der Waals surface area contributed by atoms with Crippen molar-refractivity contribution in [2.45, 2.75) is 13.8 Å². The Hall–Kier alpha value is -2.95. The van der Waals surface area contributed by atoms with Gasteiger partial charge in [-0.2, -0.15) is 15.5 Å². The summed E-state index contributed by atoms with van der Waals surface area (Å²) < 4.78 is 1.23. The van der Waals surface area contributed by atoms with Gasteiger partial charge in [0.25, 0.3) is 5.91 Å². The van der Waals surface area contributed by atoms with E-state index in [1.165, 1.54) is 10.9 Å². The fraction of sp³-hybridized carbons (Fsp3) is 0.182. The topological polar surface area (TPSA) is 136 Å². The summed E-state index contributed by atoms with van der Waals surface area (Å²) in [7, 11) is 0. The van der Waals surface area contributed by atoms with Crippen molar-refractivity contribution in [3.8, 4) is 11.9 Å². The SMILES string of the molecule is Cc1nnc(-n2cc(N)c(C(N)=O)n2)c(C#N)c1C. The van der Waals surface area contributed by atoms with Crippen molar-refractivity contribution in [3.05, 3.63) is 28.7 Å². The Morgan fingerprint density at radius 3 is 2.63 bits per heavy atom. The molecule has 0 aromatic carbocycles. The van der Waals surface area contributed by atoms with Crippen molar-refractivity contribution in [2.24, 2.45) is 5.73 Å². The van der Waals surface area contributed by atoms with E-state index < -0.39 is 5.91 Å². The van der Waals surface area contributed by atoms with Crippen LogP contribution in [0.25, 0.3) is 5.82 Å². The molecule has 0 fully saturated rings. The number of primary amides is 1. The van der Waals surface area contributed by atoms with Crippen LogP contribution in [-0.2, 0) is 0 Å². The van der Waals surface area contributed by atoms with E-state index in [1.54, 1.807) is 13.8 Å². The summed E-state index contributed by atoms with van der Waals surface area (Å²) in [6.45, 7) is 3.51. The van der Waals surface area contributed by atoms with Gasteiger partial charge in [0.1, 0.15) is 11.6 Å². The second kappa shape index (κ2) is 4.38. The Labute approximate surface area is 108 Å². The third-order valence-electron chi connectivity index (χ3n) is 2.74. The van der Waals surface area contributed by atoms with Gasteiger partial charge in [-0.05, 0) is 19.4 Å². The molecule has 2 aromatic heterocycles. The highest BCUT2D eigenvalue weighted by atomic mass is 16.1. The van der Waals surface area contributed by atoms with E-state index >= 15 is 0 Å². The van der Waals surface area contributed by atoms with Gasteiger partial charge in [0.2, 0.25) is 0 Å². The highest BCUT2D eigenvalue weighted by Gasteiger charge is 2.17. The van der Waals surface area contributed by atoms with Crippen molar-refractivity contribution in [3.63, 3.8) is 0 Å². The number of hydrogen-bond donors (Lipinski definition) is 2. The molecule has 8 heteroatoms. The monoisotopic (exact) mass is 257 g/mol. The first-order valence-electron chi connectivity index (χ1n) is 5.35. The van der Waals surface area contributed by atoms with Gasteiger partial charge in [-0.1, -0.05) is 0 Å². The summed E-state index contributed by atoms with van der Waals surface area (Å²) in [5, 5.41) is 21.0. The van der Waals surface area contributed by atoms with Crippen LogP contribution in [0.1, 0.15) is 27.3 Å². The molecule has 1 amide bonds. The molecule has 0 aliphatic rings. The van der Waals surface area contributed by atoms with Crippen molar-refractivity contribution in [1.82, 2.24) is 20.0 Å². The van der Waals surface area contributed by atoms with Crippen LogP contribution in [0.15, 0.2) is 6.20 Å². The predicted molar refractivity (Wildman–Crippen MR) is 66.3 cm³/mol. The number of nitrogens with two attached hydrogens (primary N) is 2. The minimum atomic E-state index is -0.744. The Morgan fingerprint density at radius 2 is 2.11 bits per heavy atom. The molecule has 0 radical (unpaired) electrons. The fourth-order valence-electron chi connectivity index (χ4n) is 1.58. The normalized spacial score (nSPS) is 10.2. The molecular weight excluding hydrogens is 246 g/mol. The minimum Gasteiger partial charge on any atom is -0.396 e. The average Bonchev–Trinajstić information content (AvgIpc) is 2.74. The summed E-state index contributed by atoms with van der Waals surface area (Å²) >= 11 is 0. The lowest BCUT2D eigenvalue weighted by atomic mass is 10.1. The summed E-state index contributed by atoms with van der Waals surface area (Å²) in [5.41, 5.74) is 12.5. The summed E-state index contributed by atoms with van der Waals surface area (Å²) in [6, 6.07) is 2.04. The third kappa shape index (κ3) is 1.97. The van der Waals surface area contributed by atoms with Crippen LogP contribution in [0.5, 0.6) is 0 Å². The largest absolute Gasteiger partial charge is 0.396 e. The molecule has 0 aliphatic heterocycles. The highest BCUT2D eigenvalue weighted by molar-refractivity contribution is 5.95. The molecule has 0 atom stereocenters. The van der Waals surface area contributed by atoms with E-state index in [0.29, 0.717) is 16.8 Å². The Balaban J connectivity index is 2.67. The van der Waals surface area contributed by atoms with Crippen molar-refractivity contribution in [1.29, 1.82) is 5.26 Å². The quantitative estimate of drug-likeness (QED) is 0.766. The van der Waals surface area contributed by atoms with Crippen LogP contribution in [0.2, 0.25) is 0 Å². The van der Waals surface area contributed by atoms with E-state index in [4.69, 9.17) is 11.5 Å². The molecule has 96 valence electrons. The van der Waals surface area contributed by atoms with Gasteiger partial charge in [0.15, 0.2) is 11.5 Å². The number of aromatic nitrogens is 4. The molecule has 2 rings (SSSR count). The van der Waals surface area contributed by atoms with Crippen molar-refractivity contribution in [2.75, 3.05) is 5.73 Å². The van der Waals surface area contributed by atoms with Gasteiger partial charge in [-0.15, -0.1) is 5.10 Å². The number of rotatable bonds is 2. The lowest BCUT2D eigenvalue weighted by Gasteiger charge is -2.06. The zero-order chi connectivity index (χ0) is 14.2. The molecule has 19 heavy (non-hydrogen) atoms. The first kappa shape index (κ1) is 12.5. The van der Waals surface area contributed by atoms with Crippen LogP contribution in [-0.4, -0.2) is 25.9 Å². The van der Waals surface area contributed by atoms with E-state index in [1.807, 2.05) is 6.07 Å². The highest BCUT2D eigenvalue weighted by Crippen LogP contribution is 2.18. The van der Waals surface area contributed by atoms with Gasteiger partial charge in [0, 0.05) is 0 Å². The zero-order valence-electron chi connectivity index (χ0n) is 10.4. The van der Waals surface area contributed by atoms with Gasteiger partial charge in [-0.25, -0.2) is 4.68 Å². The first-order valence-corrected chi connectivity index (χ1v) is 5.35. The molecule has 4 N–H and O–H groups in total. The maximum atomic E-state index is 11.1. The van der Waals surface area contributed by atoms with Crippen LogP contribution < -0.4 is 11.5 Å². The van der Waals surface area contributed by atoms with E-state index in [0.717, 1.165) is 0 Å². The number of amides is 1. The predicted octanol–water partition coefficient (Wildman–Crippen LogP) is -0.168. The maximum Gasteiger partial charge on any atom is 0.271 e. The molecule has 0 unspecified atom stereocenters. The maximum absolute atomic E-state index is 11.1. The third-order valence-corrected chi connectivity index (χ3v) is 2.74. The van der Waals surface area contributed by atoms with Gasteiger partial charge < -0.3 is 11.5 Å². The van der Waals surface area contributed by atoms with Gasteiger partial charge >= 0.3 is 0 Å². The van der Waals surface area contributed by atoms with Crippen LogP contribution in [0.3, 0.4) is 0 Å². The van der Waals surface area contributed by atoms with Crippen LogP contribution in [0, 0.1) is 25.2 Å². The summed E-state index contributed by atoms with van der Waals surface area (Å²) in [6.07, 6.45) is 1.37. The number of hydrogen-bond acceptors (Lipinski definition) is 6. The smallest absolute Gasteiger partial charge is 0.271 e. The molecular formula is C11H11N7O. The second-order valence-corrected chi connectivity index (χ2v) is 3.96. The van der Waals surface area contributed by atoms with Crippen molar-refractivity contribution < 1.29 is 4.79 Å². The number of carbonyl (C=O) groups excluding carboxylic acids is 1. The molecule has 0 saturated carbocycles. The molecule has 0 aliphatic carbocycles. The van der Waals surface area contributed by atoms with Gasteiger partial charge in [0.05, 0.1) is 17.6 Å². The van der Waals surface area contributed by atoms with E-state index in [-0.39, 0.29) is 17.2 Å². The number of nitrogens with zero attached hydrogens (tertiary/aromatic N) is 5. The minimum absolute atomic E-state index is 0.0658. The molecule has 2 heterocycles. The molecule has 0 spiro atoms. The standard InChI is InChI=1S/C11H11N7O/c1-5-6(2)15-16-11(7(5)3-12)18-4-8(13)9(17-18)10(14)19/h4H,13H2,1-2H3,(H2,14,19). The lowest BCUT2D eigenvalue weighted by Crippen LogP contribution is -2.14. The Morgan fingerprint density at radius 1 is 1.42 bits per heavy atom. The first-order chi connectivity index (χ1) is 8.95. The Bertz CT molecular complexity index is 711. The second-order valence-electron chi connectivity index (χ2n) is 3.96. The van der Waals surface area contributed by atoms with Gasteiger partial charge in [-0.3, -0.25) is 4.79 Å². The molecule has 0 saturated heterocycles. The molecule has 2 aromatic rings. The number of anilines is 1. The Kier molecular flexibility index (Phi) is 2.88. The summed E-state index contributed by atoms with van der Waals surface area (Å²) in [5.74, 6) is -0.531. The van der Waals surface area contributed by atoms with E-state index in [9.17, 15) is 10.1 Å². The average molecular weight is 257 g/mol. The number of nitrogen functional groups attached to an aromatic ring is 1. The summed E-state index contributed by atoms with van der Waals surface area (Å²) in [4.78, 5) is 11.1. The molecule has 0 bridgehead atoms. The fourth-order valence-corrected chi connectivity index (χ4v) is 1.58. The van der Waals surface area contributed by atoms with E-state index in [2.05, 4.69) is 15.3 Å². The number of aryl methyl sites for hydroxylation is 1. The van der Waals surface area contributed by atoms with Crippen LogP contribution >= 0.6 is 0 Å². The number of carbonyl (C=O) groups is 1. The number of nitriles is 1. The lowest BCUT2D eigenvalue weighted by molar-refractivity contribution is 0.0996. The zero-order valence-corrected chi connectivity index (χ0v) is 10.4. The van der Waals surface area contributed by atoms with Crippen LogP contribution in [0.4, 0.5) is 5.69 Å². The van der Waals surface area contributed by atoms with Crippen molar-refractivity contribution >= 4 is 11.6 Å².